The van der Waals surface area contributed by atoms with Crippen molar-refractivity contribution in [3.05, 3.63) is 17.7 Å². The van der Waals surface area contributed by atoms with Gasteiger partial charge in [0.1, 0.15) is 0 Å². The van der Waals surface area contributed by atoms with Crippen molar-refractivity contribution in [2.75, 3.05) is 19.5 Å². The summed E-state index contributed by atoms with van der Waals surface area (Å²) in [5.41, 5.74) is 0.468. The highest BCUT2D eigenvalue weighted by Gasteiger charge is 2.35. The third-order valence-corrected chi connectivity index (χ3v) is 4.74. The zero-order chi connectivity index (χ0) is 18.8. The lowest BCUT2D eigenvalue weighted by Gasteiger charge is -2.38. The molecular weight excluding hydrogens is 322 g/mol. The molecular formula is C19H27NO5. The van der Waals surface area contributed by atoms with Gasteiger partial charge in [-0.2, -0.15) is 0 Å². The summed E-state index contributed by atoms with van der Waals surface area (Å²) >= 11 is 0. The minimum Gasteiger partial charge on any atom is -0.493 e. The van der Waals surface area contributed by atoms with Gasteiger partial charge in [-0.1, -0.05) is 20.8 Å². The number of anilines is 1. The number of hydrogen-bond acceptors (Lipinski definition) is 4. The maximum atomic E-state index is 12.8. The summed E-state index contributed by atoms with van der Waals surface area (Å²) in [7, 11) is 2.89. The van der Waals surface area contributed by atoms with Crippen molar-refractivity contribution < 1.29 is 24.2 Å². The predicted molar refractivity (Wildman–Crippen MR) is 95.4 cm³/mol. The van der Waals surface area contributed by atoms with Crippen LogP contribution in [0.1, 0.15) is 50.4 Å². The van der Waals surface area contributed by atoms with Crippen LogP contribution < -0.4 is 14.8 Å². The van der Waals surface area contributed by atoms with Crippen LogP contribution >= 0.6 is 0 Å². The molecule has 0 aliphatic heterocycles. The Bertz CT molecular complexity index is 668. The molecule has 1 aliphatic rings. The van der Waals surface area contributed by atoms with Gasteiger partial charge in [0.25, 0.3) is 0 Å². The molecule has 2 N–H and O–H groups in total. The fraction of sp³-hybridized carbons (Fsp3) is 0.579. The van der Waals surface area contributed by atoms with E-state index in [1.54, 1.807) is 0 Å². The lowest BCUT2D eigenvalue weighted by Crippen LogP contribution is -2.34. The van der Waals surface area contributed by atoms with Crippen LogP contribution in [0.15, 0.2) is 12.1 Å². The SMILES string of the molecule is COc1cc(C(=O)O)cc(NC(=O)C2CC(C)CC(C)(C)C2)c1OC. The second kappa shape index (κ2) is 7.33. The van der Waals surface area contributed by atoms with Gasteiger partial charge in [0.15, 0.2) is 11.5 Å². The van der Waals surface area contributed by atoms with Crippen LogP contribution in [0.3, 0.4) is 0 Å². The Kier molecular flexibility index (Phi) is 5.60. The number of aromatic carboxylic acids is 1. The van der Waals surface area contributed by atoms with E-state index in [0.29, 0.717) is 17.4 Å². The van der Waals surface area contributed by atoms with E-state index in [4.69, 9.17) is 9.47 Å². The Balaban J connectivity index is 2.30. The van der Waals surface area contributed by atoms with E-state index < -0.39 is 5.97 Å². The van der Waals surface area contributed by atoms with Crippen molar-refractivity contribution in [3.63, 3.8) is 0 Å². The fourth-order valence-corrected chi connectivity index (χ4v) is 3.96. The molecule has 138 valence electrons. The van der Waals surface area contributed by atoms with Crippen molar-refractivity contribution >= 4 is 17.6 Å². The van der Waals surface area contributed by atoms with Gasteiger partial charge in [-0.05, 0) is 42.7 Å². The first-order valence-corrected chi connectivity index (χ1v) is 8.47. The predicted octanol–water partition coefficient (Wildman–Crippen LogP) is 3.80. The highest BCUT2D eigenvalue weighted by Crippen LogP contribution is 2.43. The number of rotatable bonds is 5. The summed E-state index contributed by atoms with van der Waals surface area (Å²) in [5, 5.41) is 12.1. The molecule has 1 aromatic rings. The fourth-order valence-electron chi connectivity index (χ4n) is 3.96. The molecule has 0 aromatic heterocycles. The van der Waals surface area contributed by atoms with Crippen molar-refractivity contribution in [1.82, 2.24) is 0 Å². The molecule has 2 atom stereocenters. The van der Waals surface area contributed by atoms with Crippen molar-refractivity contribution in [1.29, 1.82) is 0 Å². The van der Waals surface area contributed by atoms with Crippen molar-refractivity contribution in [2.24, 2.45) is 17.3 Å². The standard InChI is InChI=1S/C19H27NO5/c1-11-6-13(10-19(2,3)9-11)17(21)20-14-7-12(18(22)23)8-15(24-4)16(14)25-5/h7-8,11,13H,6,9-10H2,1-5H3,(H,20,21)(H,22,23). The number of carboxylic acid groups (broad SMARTS) is 1. The molecule has 2 unspecified atom stereocenters. The van der Waals surface area contributed by atoms with E-state index in [0.717, 1.165) is 19.3 Å². The zero-order valence-electron chi connectivity index (χ0n) is 15.5. The monoisotopic (exact) mass is 349 g/mol. The van der Waals surface area contributed by atoms with Gasteiger partial charge < -0.3 is 19.9 Å². The number of carbonyl (C=O) groups excluding carboxylic acids is 1. The number of benzene rings is 1. The number of carboxylic acids is 1. The van der Waals surface area contributed by atoms with Crippen LogP contribution in [0.4, 0.5) is 5.69 Å². The van der Waals surface area contributed by atoms with Crippen LogP contribution in [0.5, 0.6) is 11.5 Å². The molecule has 2 rings (SSSR count). The summed E-state index contributed by atoms with van der Waals surface area (Å²) < 4.78 is 10.5. The third kappa shape index (κ3) is 4.44. The van der Waals surface area contributed by atoms with Crippen LogP contribution in [0, 0.1) is 17.3 Å². The molecule has 1 fully saturated rings. The van der Waals surface area contributed by atoms with Crippen LogP contribution in [0.2, 0.25) is 0 Å². The normalized spacial score (nSPS) is 22.1. The molecule has 1 aromatic carbocycles. The molecule has 6 nitrogen and oxygen atoms in total. The van der Waals surface area contributed by atoms with E-state index >= 15 is 0 Å². The van der Waals surface area contributed by atoms with E-state index in [2.05, 4.69) is 26.1 Å². The second-order valence-corrected chi connectivity index (χ2v) is 7.66. The van der Waals surface area contributed by atoms with Gasteiger partial charge in [0.05, 0.1) is 25.5 Å². The molecule has 0 heterocycles. The molecule has 0 saturated heterocycles. The largest absolute Gasteiger partial charge is 0.493 e. The first-order valence-electron chi connectivity index (χ1n) is 8.47. The summed E-state index contributed by atoms with van der Waals surface area (Å²) in [4.78, 5) is 24.1. The first-order chi connectivity index (χ1) is 11.7. The second-order valence-electron chi connectivity index (χ2n) is 7.66. The van der Waals surface area contributed by atoms with E-state index in [9.17, 15) is 14.7 Å². The minimum atomic E-state index is -1.09. The highest BCUT2D eigenvalue weighted by molar-refractivity contribution is 5.97. The van der Waals surface area contributed by atoms with Crippen molar-refractivity contribution in [2.45, 2.75) is 40.0 Å². The summed E-state index contributed by atoms with van der Waals surface area (Å²) in [6, 6.07) is 2.78. The number of carbonyl (C=O) groups is 2. The topological polar surface area (TPSA) is 84.9 Å². The summed E-state index contributed by atoms with van der Waals surface area (Å²) in [6.07, 6.45) is 2.73. The Morgan fingerprint density at radius 2 is 1.88 bits per heavy atom. The Hall–Kier alpha value is -2.24. The minimum absolute atomic E-state index is 0.0327. The van der Waals surface area contributed by atoms with Crippen LogP contribution in [-0.2, 0) is 4.79 Å². The van der Waals surface area contributed by atoms with Crippen LogP contribution in [-0.4, -0.2) is 31.2 Å². The molecule has 1 aliphatic carbocycles. The maximum Gasteiger partial charge on any atom is 0.335 e. The lowest BCUT2D eigenvalue weighted by molar-refractivity contribution is -0.122. The molecule has 0 spiro atoms. The molecule has 0 bridgehead atoms. The molecule has 25 heavy (non-hydrogen) atoms. The van der Waals surface area contributed by atoms with Gasteiger partial charge in [-0.15, -0.1) is 0 Å². The zero-order valence-corrected chi connectivity index (χ0v) is 15.5. The molecule has 1 saturated carbocycles. The Labute approximate surface area is 148 Å². The number of methoxy groups -OCH3 is 2. The number of amides is 1. The number of nitrogens with one attached hydrogen (secondary N) is 1. The lowest BCUT2D eigenvalue weighted by atomic mass is 9.68. The van der Waals surface area contributed by atoms with Crippen LogP contribution in [0.25, 0.3) is 0 Å². The van der Waals surface area contributed by atoms with Gasteiger partial charge in [-0.25, -0.2) is 4.79 Å². The number of hydrogen-bond donors (Lipinski definition) is 2. The molecule has 6 heteroatoms. The Morgan fingerprint density at radius 3 is 2.40 bits per heavy atom. The molecule has 1 amide bonds. The van der Waals surface area contributed by atoms with Gasteiger partial charge in [-0.3, -0.25) is 4.79 Å². The quantitative estimate of drug-likeness (QED) is 0.844. The van der Waals surface area contributed by atoms with Gasteiger partial charge in [0, 0.05) is 5.92 Å². The van der Waals surface area contributed by atoms with E-state index in [1.165, 1.54) is 26.4 Å². The average molecular weight is 349 g/mol. The summed E-state index contributed by atoms with van der Waals surface area (Å²) in [5.74, 6) is -0.241. The smallest absolute Gasteiger partial charge is 0.335 e. The number of ether oxygens (including phenoxy) is 2. The highest BCUT2D eigenvalue weighted by atomic mass is 16.5. The van der Waals surface area contributed by atoms with E-state index in [1.807, 2.05) is 0 Å². The third-order valence-electron chi connectivity index (χ3n) is 4.74. The Morgan fingerprint density at radius 1 is 1.20 bits per heavy atom. The first kappa shape index (κ1) is 19.1. The maximum absolute atomic E-state index is 12.8. The summed E-state index contributed by atoms with van der Waals surface area (Å²) in [6.45, 7) is 6.52. The van der Waals surface area contributed by atoms with Gasteiger partial charge in [0.2, 0.25) is 5.91 Å². The van der Waals surface area contributed by atoms with Crippen molar-refractivity contribution in [3.8, 4) is 11.5 Å². The molecule has 0 radical (unpaired) electrons. The van der Waals surface area contributed by atoms with E-state index in [-0.39, 0.29) is 28.6 Å². The van der Waals surface area contributed by atoms with Gasteiger partial charge >= 0.3 is 5.97 Å². The average Bonchev–Trinajstić information content (AvgIpc) is 2.51.